The van der Waals surface area contributed by atoms with Crippen LogP contribution in [0.25, 0.3) is 0 Å². The molecule has 106 valence electrons. The number of hydrogen-bond donors (Lipinski definition) is 2. The summed E-state index contributed by atoms with van der Waals surface area (Å²) in [5.74, 6) is -0.768. The maximum atomic E-state index is 13.6. The van der Waals surface area contributed by atoms with E-state index < -0.39 is 15.8 Å². The van der Waals surface area contributed by atoms with E-state index in [9.17, 15) is 12.8 Å². The third kappa shape index (κ3) is 3.93. The van der Waals surface area contributed by atoms with Crippen molar-refractivity contribution in [3.8, 4) is 0 Å². The third-order valence-electron chi connectivity index (χ3n) is 2.47. The molecule has 8 heteroatoms. The number of thiocarbonyl (C=S) groups is 1. The lowest BCUT2D eigenvalue weighted by Gasteiger charge is -2.14. The zero-order chi connectivity index (χ0) is 14.6. The van der Waals surface area contributed by atoms with Crippen LogP contribution in [0.3, 0.4) is 0 Å². The highest BCUT2D eigenvalue weighted by atomic mass is 32.2. The lowest BCUT2D eigenvalue weighted by Crippen LogP contribution is -2.33. The molecule has 3 N–H and O–H groups in total. The van der Waals surface area contributed by atoms with E-state index in [2.05, 4.69) is 16.9 Å². The Bertz CT molecular complexity index is 575. The highest BCUT2D eigenvalue weighted by Crippen LogP contribution is 2.18. The summed E-state index contributed by atoms with van der Waals surface area (Å²) in [5, 5.41) is 0. The van der Waals surface area contributed by atoms with Crippen molar-refractivity contribution in [3.63, 3.8) is 0 Å². The molecule has 0 heterocycles. The molecule has 0 aliphatic carbocycles. The zero-order valence-electron chi connectivity index (χ0n) is 10.5. The SMILES string of the molecule is COC(C)CNS(=O)(=O)c1cccc(F)c1C(N)=S. The normalized spacial score (nSPS) is 13.2. The second-order valence-corrected chi connectivity index (χ2v) is 6.05. The topological polar surface area (TPSA) is 81.4 Å². The summed E-state index contributed by atoms with van der Waals surface area (Å²) in [4.78, 5) is -0.582. The minimum Gasteiger partial charge on any atom is -0.389 e. The number of nitrogens with one attached hydrogen (secondary N) is 1. The van der Waals surface area contributed by atoms with Gasteiger partial charge in [-0.25, -0.2) is 17.5 Å². The van der Waals surface area contributed by atoms with Crippen molar-refractivity contribution >= 4 is 27.2 Å². The summed E-state index contributed by atoms with van der Waals surface area (Å²) >= 11 is 4.69. The van der Waals surface area contributed by atoms with Crippen molar-refractivity contribution < 1.29 is 17.5 Å². The Balaban J connectivity index is 3.15. The molecule has 0 fully saturated rings. The third-order valence-corrected chi connectivity index (χ3v) is 4.14. The number of nitrogens with two attached hydrogens (primary N) is 1. The fraction of sp³-hybridized carbons (Fsp3) is 0.364. The number of halogens is 1. The van der Waals surface area contributed by atoms with Crippen LogP contribution in [0.2, 0.25) is 0 Å². The van der Waals surface area contributed by atoms with Crippen molar-refractivity contribution in [2.24, 2.45) is 5.73 Å². The Morgan fingerprint density at radius 1 is 1.58 bits per heavy atom. The molecule has 0 radical (unpaired) electrons. The predicted octanol–water partition coefficient (Wildman–Crippen LogP) is 0.773. The van der Waals surface area contributed by atoms with Crippen LogP contribution in [0.15, 0.2) is 23.1 Å². The minimum atomic E-state index is -3.90. The first-order chi connectivity index (χ1) is 8.79. The Labute approximate surface area is 117 Å². The molecule has 0 spiro atoms. The highest BCUT2D eigenvalue weighted by Gasteiger charge is 2.22. The van der Waals surface area contributed by atoms with E-state index in [-0.39, 0.29) is 28.1 Å². The smallest absolute Gasteiger partial charge is 0.241 e. The molecular formula is C11H15FN2O3S2. The van der Waals surface area contributed by atoms with Gasteiger partial charge in [-0.3, -0.25) is 0 Å². The number of sulfonamides is 1. The molecule has 5 nitrogen and oxygen atoms in total. The zero-order valence-corrected chi connectivity index (χ0v) is 12.1. The van der Waals surface area contributed by atoms with Gasteiger partial charge in [-0.2, -0.15) is 0 Å². The standard InChI is InChI=1S/C11H15FN2O3S2/c1-7(17-2)6-14-19(15,16)9-5-3-4-8(12)10(9)11(13)18/h3-5,7,14H,6H2,1-2H3,(H2,13,18). The minimum absolute atomic E-state index is 0.0616. The van der Waals surface area contributed by atoms with Crippen molar-refractivity contribution in [1.82, 2.24) is 4.72 Å². The second-order valence-electron chi connectivity index (χ2n) is 3.88. The molecule has 0 saturated heterocycles. The number of methoxy groups -OCH3 is 1. The van der Waals surface area contributed by atoms with Crippen LogP contribution < -0.4 is 10.5 Å². The maximum absolute atomic E-state index is 13.6. The first kappa shape index (κ1) is 16.0. The summed E-state index contributed by atoms with van der Waals surface area (Å²) in [7, 11) is -2.44. The van der Waals surface area contributed by atoms with E-state index in [1.54, 1.807) is 6.92 Å². The molecule has 0 bridgehead atoms. The van der Waals surface area contributed by atoms with E-state index in [1.807, 2.05) is 0 Å². The summed E-state index contributed by atoms with van der Waals surface area (Å²) in [6.07, 6.45) is -0.309. The van der Waals surface area contributed by atoms with Gasteiger partial charge in [0.25, 0.3) is 0 Å². The molecule has 0 saturated carbocycles. The van der Waals surface area contributed by atoms with Crippen molar-refractivity contribution in [3.05, 3.63) is 29.6 Å². The van der Waals surface area contributed by atoms with Gasteiger partial charge in [0.2, 0.25) is 10.0 Å². The molecule has 1 aromatic rings. The van der Waals surface area contributed by atoms with Crippen LogP contribution >= 0.6 is 12.2 Å². The fourth-order valence-corrected chi connectivity index (χ4v) is 2.97. The Hall–Kier alpha value is -1.09. The molecular weight excluding hydrogens is 291 g/mol. The lowest BCUT2D eigenvalue weighted by molar-refractivity contribution is 0.122. The van der Waals surface area contributed by atoms with Gasteiger partial charge >= 0.3 is 0 Å². The molecule has 1 rings (SSSR count). The van der Waals surface area contributed by atoms with Gasteiger partial charge in [0.15, 0.2) is 0 Å². The van der Waals surface area contributed by atoms with E-state index in [4.69, 9.17) is 10.5 Å². The van der Waals surface area contributed by atoms with Crippen LogP contribution in [0.4, 0.5) is 4.39 Å². The van der Waals surface area contributed by atoms with Gasteiger partial charge in [-0.05, 0) is 19.1 Å². The van der Waals surface area contributed by atoms with Gasteiger partial charge < -0.3 is 10.5 Å². The number of ether oxygens (including phenoxy) is 1. The largest absolute Gasteiger partial charge is 0.389 e. The number of rotatable bonds is 6. The lowest BCUT2D eigenvalue weighted by atomic mass is 10.2. The first-order valence-electron chi connectivity index (χ1n) is 5.40. The van der Waals surface area contributed by atoms with Crippen molar-refractivity contribution in [2.45, 2.75) is 17.9 Å². The molecule has 19 heavy (non-hydrogen) atoms. The van der Waals surface area contributed by atoms with Gasteiger partial charge in [0.05, 0.1) is 16.6 Å². The summed E-state index contributed by atoms with van der Waals surface area (Å²) in [6.45, 7) is 1.76. The van der Waals surface area contributed by atoms with Crippen LogP contribution in [0.1, 0.15) is 12.5 Å². The molecule has 1 atom stereocenters. The molecule has 1 unspecified atom stereocenters. The predicted molar refractivity (Wildman–Crippen MR) is 73.9 cm³/mol. The molecule has 1 aromatic carbocycles. The molecule has 0 aliphatic rings. The monoisotopic (exact) mass is 306 g/mol. The van der Waals surface area contributed by atoms with E-state index in [0.717, 1.165) is 6.07 Å². The number of hydrogen-bond acceptors (Lipinski definition) is 4. The van der Waals surface area contributed by atoms with Crippen molar-refractivity contribution in [1.29, 1.82) is 0 Å². The summed E-state index contributed by atoms with van der Waals surface area (Å²) in [5.41, 5.74) is 5.09. The highest BCUT2D eigenvalue weighted by molar-refractivity contribution is 7.89. The van der Waals surface area contributed by atoms with Crippen LogP contribution in [-0.4, -0.2) is 33.2 Å². The second kappa shape index (κ2) is 6.38. The molecule has 0 aliphatic heterocycles. The quantitative estimate of drug-likeness (QED) is 0.759. The fourth-order valence-electron chi connectivity index (χ4n) is 1.36. The summed E-state index contributed by atoms with van der Waals surface area (Å²) in [6, 6.07) is 3.63. The average Bonchev–Trinajstić information content (AvgIpc) is 2.35. The van der Waals surface area contributed by atoms with Gasteiger partial charge in [0, 0.05) is 13.7 Å². The van der Waals surface area contributed by atoms with E-state index in [0.29, 0.717) is 0 Å². The van der Waals surface area contributed by atoms with Crippen LogP contribution in [-0.2, 0) is 14.8 Å². The van der Waals surface area contributed by atoms with Crippen molar-refractivity contribution in [2.75, 3.05) is 13.7 Å². The Morgan fingerprint density at radius 3 is 2.74 bits per heavy atom. The summed E-state index contributed by atoms with van der Waals surface area (Å²) < 4.78 is 45.0. The van der Waals surface area contributed by atoms with Gasteiger partial charge in [-0.15, -0.1) is 0 Å². The maximum Gasteiger partial charge on any atom is 0.241 e. The Morgan fingerprint density at radius 2 is 2.21 bits per heavy atom. The Kier molecular flexibility index (Phi) is 5.36. The van der Waals surface area contributed by atoms with E-state index >= 15 is 0 Å². The number of benzene rings is 1. The van der Waals surface area contributed by atoms with Gasteiger partial charge in [0.1, 0.15) is 10.8 Å². The average molecular weight is 306 g/mol. The van der Waals surface area contributed by atoms with Crippen LogP contribution in [0, 0.1) is 5.82 Å². The molecule has 0 amide bonds. The molecule has 0 aromatic heterocycles. The van der Waals surface area contributed by atoms with Crippen LogP contribution in [0.5, 0.6) is 0 Å². The van der Waals surface area contributed by atoms with Gasteiger partial charge in [-0.1, -0.05) is 18.3 Å². The first-order valence-corrected chi connectivity index (χ1v) is 7.29. The van der Waals surface area contributed by atoms with E-state index in [1.165, 1.54) is 19.2 Å².